The Morgan fingerprint density at radius 2 is 1.88 bits per heavy atom. The number of carbonyl (C=O) groups excluding carboxylic acids is 1. The molecule has 8 nitrogen and oxygen atoms in total. The van der Waals surface area contributed by atoms with Gasteiger partial charge in [0.2, 0.25) is 5.16 Å². The first-order valence-corrected chi connectivity index (χ1v) is 10.7. The molecule has 4 aromatic rings. The first kappa shape index (κ1) is 21.4. The van der Waals surface area contributed by atoms with Crippen molar-refractivity contribution in [2.24, 2.45) is 5.10 Å². The second-order valence-corrected chi connectivity index (χ2v) is 7.87. The summed E-state index contributed by atoms with van der Waals surface area (Å²) in [5.74, 6) is -0.448. The number of carbonyl (C=O) groups is 1. The highest BCUT2D eigenvalue weighted by Gasteiger charge is 2.12. The quantitative estimate of drug-likeness (QED) is 0.265. The van der Waals surface area contributed by atoms with Crippen LogP contribution in [-0.2, 0) is 4.79 Å². The molecule has 2 aromatic carbocycles. The number of aryl methyl sites for hydroxylation is 1. The molecule has 4 rings (SSSR count). The van der Waals surface area contributed by atoms with Crippen LogP contribution in [-0.4, -0.2) is 42.6 Å². The lowest BCUT2D eigenvalue weighted by molar-refractivity contribution is -0.118. The smallest absolute Gasteiger partial charge is 0.250 e. The normalized spacial score (nSPS) is 11.2. The monoisotopic (exact) mass is 449 g/mol. The van der Waals surface area contributed by atoms with Gasteiger partial charge in [0, 0.05) is 22.6 Å². The maximum Gasteiger partial charge on any atom is 0.250 e. The summed E-state index contributed by atoms with van der Waals surface area (Å²) in [6, 6.07) is 17.7. The van der Waals surface area contributed by atoms with E-state index in [1.54, 1.807) is 23.0 Å². The van der Waals surface area contributed by atoms with E-state index in [4.69, 9.17) is 0 Å². The van der Waals surface area contributed by atoms with Crippen molar-refractivity contribution in [1.29, 1.82) is 0 Å². The predicted octanol–water partition coefficient (Wildman–Crippen LogP) is 3.45. The summed E-state index contributed by atoms with van der Waals surface area (Å²) in [6.07, 6.45) is 1.60. The second kappa shape index (κ2) is 9.56. The standard InChI is InChI=1S/C22H20FN7OS/c1-15-12-17(16(2)29(15)19-10-8-18(23)9-11-19)13-24-25-21(31)14-32-22-26-27-28-30(22)20-6-4-3-5-7-20/h3-13H,14H2,1-2H3,(H,25,31)/b24-13+. The fraction of sp³-hybridized carbons (Fsp3) is 0.136. The largest absolute Gasteiger partial charge is 0.318 e. The van der Waals surface area contributed by atoms with Crippen molar-refractivity contribution >= 4 is 23.9 Å². The average Bonchev–Trinajstić information content (AvgIpc) is 3.38. The molecule has 0 aliphatic carbocycles. The van der Waals surface area contributed by atoms with E-state index in [1.807, 2.05) is 54.8 Å². The first-order chi connectivity index (χ1) is 15.5. The van der Waals surface area contributed by atoms with Crippen molar-refractivity contribution in [1.82, 2.24) is 30.2 Å². The van der Waals surface area contributed by atoms with Crippen molar-refractivity contribution in [3.63, 3.8) is 0 Å². The highest BCUT2D eigenvalue weighted by molar-refractivity contribution is 7.99. The highest BCUT2D eigenvalue weighted by Crippen LogP contribution is 2.20. The van der Waals surface area contributed by atoms with Crippen LogP contribution < -0.4 is 5.43 Å². The summed E-state index contributed by atoms with van der Waals surface area (Å²) >= 11 is 1.22. The van der Waals surface area contributed by atoms with Crippen LogP contribution in [0.2, 0.25) is 0 Å². The van der Waals surface area contributed by atoms with Crippen LogP contribution >= 0.6 is 11.8 Å². The molecule has 0 aliphatic heterocycles. The number of rotatable bonds is 7. The molecule has 0 saturated carbocycles. The van der Waals surface area contributed by atoms with Gasteiger partial charge in [-0.1, -0.05) is 30.0 Å². The maximum absolute atomic E-state index is 13.2. The number of thioether (sulfide) groups is 1. The van der Waals surface area contributed by atoms with Gasteiger partial charge in [0.25, 0.3) is 5.91 Å². The number of nitrogens with zero attached hydrogens (tertiary/aromatic N) is 6. The molecular formula is C22H20FN7OS. The van der Waals surface area contributed by atoms with E-state index < -0.39 is 0 Å². The second-order valence-electron chi connectivity index (χ2n) is 6.93. The molecule has 32 heavy (non-hydrogen) atoms. The van der Waals surface area contributed by atoms with Gasteiger partial charge >= 0.3 is 0 Å². The molecule has 1 amide bonds. The Morgan fingerprint density at radius 3 is 2.62 bits per heavy atom. The minimum Gasteiger partial charge on any atom is -0.318 e. The van der Waals surface area contributed by atoms with Crippen LogP contribution in [0.25, 0.3) is 11.4 Å². The van der Waals surface area contributed by atoms with Crippen LogP contribution in [0.5, 0.6) is 0 Å². The summed E-state index contributed by atoms with van der Waals surface area (Å²) in [4.78, 5) is 12.2. The third-order valence-corrected chi connectivity index (χ3v) is 5.64. The van der Waals surface area contributed by atoms with Crippen LogP contribution in [0.15, 0.2) is 70.9 Å². The molecule has 0 unspecified atom stereocenters. The Morgan fingerprint density at radius 1 is 1.12 bits per heavy atom. The first-order valence-electron chi connectivity index (χ1n) is 9.76. The van der Waals surface area contributed by atoms with E-state index in [0.29, 0.717) is 5.16 Å². The Labute approximate surface area is 188 Å². The third-order valence-electron chi connectivity index (χ3n) is 4.72. The number of hydrogen-bond acceptors (Lipinski definition) is 6. The zero-order valence-electron chi connectivity index (χ0n) is 17.4. The van der Waals surface area contributed by atoms with Gasteiger partial charge in [-0.2, -0.15) is 9.78 Å². The van der Waals surface area contributed by atoms with Gasteiger partial charge in [-0.05, 0) is 66.7 Å². The molecular weight excluding hydrogens is 429 g/mol. The van der Waals surface area contributed by atoms with Crippen LogP contribution in [0.4, 0.5) is 4.39 Å². The van der Waals surface area contributed by atoms with Crippen molar-refractivity contribution < 1.29 is 9.18 Å². The molecule has 162 valence electrons. The lowest BCUT2D eigenvalue weighted by atomic mass is 10.2. The number of hydrogen-bond donors (Lipinski definition) is 1. The molecule has 0 aliphatic rings. The Kier molecular flexibility index (Phi) is 6.41. The minimum atomic E-state index is -0.281. The summed E-state index contributed by atoms with van der Waals surface area (Å²) < 4.78 is 16.8. The number of hydrazone groups is 1. The van der Waals surface area contributed by atoms with Gasteiger partial charge in [0.1, 0.15) is 5.82 Å². The molecule has 0 bridgehead atoms. The summed E-state index contributed by atoms with van der Waals surface area (Å²) in [6.45, 7) is 3.90. The van der Waals surface area contributed by atoms with E-state index in [9.17, 15) is 9.18 Å². The van der Waals surface area contributed by atoms with Crippen molar-refractivity contribution in [2.75, 3.05) is 5.75 Å². The van der Waals surface area contributed by atoms with E-state index in [2.05, 4.69) is 26.1 Å². The minimum absolute atomic E-state index is 0.110. The number of aromatic nitrogens is 5. The average molecular weight is 450 g/mol. The Bertz CT molecular complexity index is 1250. The van der Waals surface area contributed by atoms with E-state index in [0.717, 1.165) is 28.3 Å². The summed E-state index contributed by atoms with van der Waals surface area (Å²) in [7, 11) is 0. The number of tetrazole rings is 1. The molecule has 0 saturated heterocycles. The zero-order valence-corrected chi connectivity index (χ0v) is 18.3. The number of amides is 1. The molecule has 1 N–H and O–H groups in total. The molecule has 0 radical (unpaired) electrons. The molecule has 0 spiro atoms. The predicted molar refractivity (Wildman–Crippen MR) is 121 cm³/mol. The number of benzene rings is 2. The maximum atomic E-state index is 13.2. The lowest BCUT2D eigenvalue weighted by Crippen LogP contribution is -2.20. The molecule has 10 heteroatoms. The van der Waals surface area contributed by atoms with Crippen LogP contribution in [0, 0.1) is 19.7 Å². The molecule has 0 atom stereocenters. The molecule has 2 aromatic heterocycles. The Balaban J connectivity index is 1.37. The number of halogens is 1. The fourth-order valence-electron chi connectivity index (χ4n) is 3.24. The van der Waals surface area contributed by atoms with Gasteiger partial charge in [-0.25, -0.2) is 9.82 Å². The van der Waals surface area contributed by atoms with Gasteiger partial charge in [-0.3, -0.25) is 4.79 Å². The SMILES string of the molecule is Cc1cc(/C=N/NC(=O)CSc2nnnn2-c2ccccc2)c(C)n1-c1ccc(F)cc1. The molecule has 2 heterocycles. The number of para-hydroxylation sites is 1. The van der Waals surface area contributed by atoms with Crippen molar-refractivity contribution in [3.05, 3.63) is 83.4 Å². The van der Waals surface area contributed by atoms with Crippen molar-refractivity contribution in [3.8, 4) is 11.4 Å². The fourth-order valence-corrected chi connectivity index (χ4v) is 3.93. The third kappa shape index (κ3) is 4.75. The lowest BCUT2D eigenvalue weighted by Gasteiger charge is -2.09. The van der Waals surface area contributed by atoms with E-state index in [1.165, 1.54) is 23.9 Å². The van der Waals surface area contributed by atoms with Gasteiger partial charge < -0.3 is 4.57 Å². The highest BCUT2D eigenvalue weighted by atomic mass is 32.2. The van der Waals surface area contributed by atoms with Gasteiger partial charge in [0.05, 0.1) is 17.7 Å². The zero-order chi connectivity index (χ0) is 22.5. The molecule has 0 fully saturated rings. The van der Waals surface area contributed by atoms with Crippen LogP contribution in [0.3, 0.4) is 0 Å². The van der Waals surface area contributed by atoms with Crippen LogP contribution in [0.1, 0.15) is 17.0 Å². The van der Waals surface area contributed by atoms with Gasteiger partial charge in [0.15, 0.2) is 0 Å². The van der Waals surface area contributed by atoms with Crippen molar-refractivity contribution in [2.45, 2.75) is 19.0 Å². The summed E-state index contributed by atoms with van der Waals surface area (Å²) in [5.41, 5.74) is 6.97. The van der Waals surface area contributed by atoms with E-state index in [-0.39, 0.29) is 17.5 Å². The topological polar surface area (TPSA) is 90.0 Å². The number of nitrogens with one attached hydrogen (secondary N) is 1. The Hall–Kier alpha value is -3.79. The summed E-state index contributed by atoms with van der Waals surface area (Å²) in [5, 5.41) is 16.2. The van der Waals surface area contributed by atoms with E-state index >= 15 is 0 Å². The van der Waals surface area contributed by atoms with Gasteiger partial charge in [-0.15, -0.1) is 5.10 Å².